The first-order valence-electron chi connectivity index (χ1n) is 11.9. The van der Waals surface area contributed by atoms with Gasteiger partial charge in [-0.3, -0.25) is 8.98 Å². The van der Waals surface area contributed by atoms with Gasteiger partial charge in [0.15, 0.2) is 0 Å². The number of rotatable bonds is 8. The highest BCUT2D eigenvalue weighted by Crippen LogP contribution is 2.38. The van der Waals surface area contributed by atoms with E-state index in [9.17, 15) is 13.2 Å². The van der Waals surface area contributed by atoms with Crippen molar-refractivity contribution >= 4 is 33.2 Å². The minimum Gasteiger partial charge on any atom is -0.368 e. The number of carbonyl (C=O) groups excluding carboxylic acids is 1. The van der Waals surface area contributed by atoms with Crippen LogP contribution in [0.25, 0.3) is 0 Å². The number of ketones is 1. The number of thiophene rings is 1. The van der Waals surface area contributed by atoms with Gasteiger partial charge in [-0.05, 0) is 61.3 Å². The van der Waals surface area contributed by atoms with Crippen molar-refractivity contribution in [2.45, 2.75) is 44.8 Å². The van der Waals surface area contributed by atoms with E-state index in [-0.39, 0.29) is 30.5 Å². The van der Waals surface area contributed by atoms with E-state index in [0.717, 1.165) is 35.3 Å². The fourth-order valence-corrected chi connectivity index (χ4v) is 6.39. The van der Waals surface area contributed by atoms with Gasteiger partial charge in [-0.15, -0.1) is 11.3 Å². The molecule has 2 aromatic heterocycles. The van der Waals surface area contributed by atoms with Gasteiger partial charge in [0.2, 0.25) is 5.78 Å². The van der Waals surface area contributed by atoms with Crippen LogP contribution in [0.15, 0.2) is 42.9 Å². The summed E-state index contributed by atoms with van der Waals surface area (Å²) in [5.41, 5.74) is 3.84. The normalized spacial score (nSPS) is 21.8. The lowest BCUT2D eigenvalue weighted by Crippen LogP contribution is -2.22. The fourth-order valence-electron chi connectivity index (χ4n) is 5.01. The third-order valence-electron chi connectivity index (χ3n) is 6.76. The fraction of sp³-hybridized carbons (Fsp3) is 0.400. The van der Waals surface area contributed by atoms with Crippen molar-refractivity contribution < 1.29 is 22.1 Å². The molecular formula is C25H28N4O5S2. The van der Waals surface area contributed by atoms with Crippen LogP contribution in [-0.4, -0.2) is 43.4 Å². The van der Waals surface area contributed by atoms with E-state index in [1.807, 2.05) is 25.1 Å². The highest BCUT2D eigenvalue weighted by Gasteiger charge is 2.29. The van der Waals surface area contributed by atoms with Crippen molar-refractivity contribution in [3.8, 4) is 0 Å². The number of ether oxygens (including phenoxy) is 1. The number of hydrogen-bond donors (Lipinski definition) is 2. The molecule has 3 N–H and O–H groups in total. The molecule has 1 aliphatic carbocycles. The minimum absolute atomic E-state index is 0.0355. The van der Waals surface area contributed by atoms with Crippen LogP contribution in [0.3, 0.4) is 0 Å². The maximum atomic E-state index is 13.6. The Bertz CT molecular complexity index is 1370. The second-order valence-electron chi connectivity index (χ2n) is 9.23. The number of benzene rings is 1. The highest BCUT2D eigenvalue weighted by molar-refractivity contribution is 7.84. The molecule has 9 nitrogen and oxygen atoms in total. The Morgan fingerprint density at radius 1 is 1.28 bits per heavy atom. The Balaban J connectivity index is 1.33. The number of nitrogens with two attached hydrogens (primary N) is 1. The van der Waals surface area contributed by atoms with E-state index >= 15 is 0 Å². The molecule has 0 radical (unpaired) electrons. The largest absolute Gasteiger partial charge is 0.368 e. The van der Waals surface area contributed by atoms with E-state index in [2.05, 4.69) is 27.4 Å². The Labute approximate surface area is 214 Å². The van der Waals surface area contributed by atoms with Gasteiger partial charge in [0.05, 0.1) is 23.7 Å². The van der Waals surface area contributed by atoms with Crippen LogP contribution in [0, 0.1) is 12.8 Å². The van der Waals surface area contributed by atoms with Crippen molar-refractivity contribution in [2.24, 2.45) is 11.1 Å². The lowest BCUT2D eigenvalue weighted by Gasteiger charge is -2.26. The molecule has 36 heavy (non-hydrogen) atoms. The number of carbonyl (C=O) groups is 1. The summed E-state index contributed by atoms with van der Waals surface area (Å²) in [7, 11) is -3.96. The molecule has 1 aliphatic heterocycles. The van der Waals surface area contributed by atoms with Crippen LogP contribution in [0.5, 0.6) is 0 Å². The number of hydrogen-bond acceptors (Lipinski definition) is 9. The average Bonchev–Trinajstić information content (AvgIpc) is 3.48. The van der Waals surface area contributed by atoms with Crippen LogP contribution in [-0.2, 0) is 25.6 Å². The molecule has 5 rings (SSSR count). The predicted octanol–water partition coefficient (Wildman–Crippen LogP) is 3.54. The zero-order valence-corrected chi connectivity index (χ0v) is 21.5. The number of fused-ring (bicyclic) bond motifs is 1. The Morgan fingerprint density at radius 3 is 2.94 bits per heavy atom. The van der Waals surface area contributed by atoms with E-state index in [1.54, 1.807) is 0 Å². The molecule has 0 spiro atoms. The molecule has 0 saturated heterocycles. The molecule has 1 saturated carbocycles. The number of anilines is 1. The van der Waals surface area contributed by atoms with Gasteiger partial charge >= 0.3 is 10.3 Å². The maximum absolute atomic E-state index is 13.6. The van der Waals surface area contributed by atoms with Crippen molar-refractivity contribution in [1.29, 1.82) is 0 Å². The molecule has 0 bridgehead atoms. The number of nitrogens with one attached hydrogen (secondary N) is 1. The molecular weight excluding hydrogens is 500 g/mol. The van der Waals surface area contributed by atoms with Gasteiger partial charge in [-0.25, -0.2) is 15.1 Å². The van der Waals surface area contributed by atoms with Gasteiger partial charge in [0.25, 0.3) is 0 Å². The first-order valence-corrected chi connectivity index (χ1v) is 14.2. The topological polar surface area (TPSA) is 133 Å². The quantitative estimate of drug-likeness (QED) is 0.424. The second kappa shape index (κ2) is 10.3. The maximum Gasteiger partial charge on any atom is 0.333 e. The SMILES string of the molecule is Cc1sc(C(=O)c2cncnc2NC2CC[C@@H](COS(N)(=O)=O)C2)cc1C1OCCc2ccccc21. The van der Waals surface area contributed by atoms with Crippen molar-refractivity contribution in [2.75, 3.05) is 18.5 Å². The van der Waals surface area contributed by atoms with E-state index < -0.39 is 10.3 Å². The van der Waals surface area contributed by atoms with Crippen LogP contribution < -0.4 is 10.5 Å². The summed E-state index contributed by atoms with van der Waals surface area (Å²) in [6, 6.07) is 10.2. The zero-order chi connectivity index (χ0) is 25.3. The molecule has 3 atom stereocenters. The van der Waals surface area contributed by atoms with Crippen LogP contribution in [0.4, 0.5) is 5.82 Å². The smallest absolute Gasteiger partial charge is 0.333 e. The first kappa shape index (κ1) is 25.0. The molecule has 2 unspecified atom stereocenters. The zero-order valence-electron chi connectivity index (χ0n) is 19.8. The highest BCUT2D eigenvalue weighted by atomic mass is 32.2. The van der Waals surface area contributed by atoms with Gasteiger partial charge in [0.1, 0.15) is 18.2 Å². The summed E-state index contributed by atoms with van der Waals surface area (Å²) >= 11 is 1.45. The van der Waals surface area contributed by atoms with E-state index in [4.69, 9.17) is 14.1 Å². The van der Waals surface area contributed by atoms with E-state index in [0.29, 0.717) is 29.3 Å². The van der Waals surface area contributed by atoms with Crippen LogP contribution in [0.1, 0.15) is 62.2 Å². The van der Waals surface area contributed by atoms with Crippen molar-refractivity contribution in [3.63, 3.8) is 0 Å². The summed E-state index contributed by atoms with van der Waals surface area (Å²) < 4.78 is 33.0. The molecule has 3 heterocycles. The van der Waals surface area contributed by atoms with Gasteiger partial charge in [-0.2, -0.15) is 8.42 Å². The number of nitrogens with zero attached hydrogens (tertiary/aromatic N) is 2. The molecule has 0 amide bonds. The summed E-state index contributed by atoms with van der Waals surface area (Å²) in [6.07, 6.45) is 5.92. The van der Waals surface area contributed by atoms with Crippen molar-refractivity contribution in [3.05, 3.63) is 74.9 Å². The van der Waals surface area contributed by atoms with Gasteiger partial charge in [-0.1, -0.05) is 24.3 Å². The third kappa shape index (κ3) is 5.50. The molecule has 1 aromatic carbocycles. The average molecular weight is 529 g/mol. The minimum atomic E-state index is -3.96. The summed E-state index contributed by atoms with van der Waals surface area (Å²) in [4.78, 5) is 23.6. The van der Waals surface area contributed by atoms with Crippen LogP contribution in [0.2, 0.25) is 0 Å². The summed E-state index contributed by atoms with van der Waals surface area (Å²) in [5.74, 6) is 0.385. The molecule has 1 fully saturated rings. The molecule has 11 heteroatoms. The summed E-state index contributed by atoms with van der Waals surface area (Å²) in [6.45, 7) is 2.71. The lowest BCUT2D eigenvalue weighted by molar-refractivity contribution is 0.0697. The van der Waals surface area contributed by atoms with Crippen molar-refractivity contribution in [1.82, 2.24) is 9.97 Å². The molecule has 3 aromatic rings. The van der Waals surface area contributed by atoms with Crippen LogP contribution >= 0.6 is 11.3 Å². The standard InChI is InChI=1S/C25H28N4O5S2/c1-15-20(24-19-5-3-2-4-17(19)8-9-33-24)11-22(35-15)23(30)21-12-27-14-28-25(21)29-18-7-6-16(10-18)13-34-36(26,31)32/h2-5,11-12,14,16,18,24H,6-10,13H2,1H3,(H2,26,31,32)(H,27,28,29)/t16-,18?,24?/m1/s1. The summed E-state index contributed by atoms with van der Waals surface area (Å²) in [5, 5.41) is 8.29. The third-order valence-corrected chi connectivity index (χ3v) is 8.29. The Hall–Kier alpha value is -2.70. The van der Waals surface area contributed by atoms with E-state index in [1.165, 1.54) is 29.4 Å². The number of aromatic nitrogens is 2. The Morgan fingerprint density at radius 2 is 2.11 bits per heavy atom. The van der Waals surface area contributed by atoms with Gasteiger partial charge < -0.3 is 10.1 Å². The predicted molar refractivity (Wildman–Crippen MR) is 136 cm³/mol. The molecule has 190 valence electrons. The Kier molecular flexibility index (Phi) is 7.18. The lowest BCUT2D eigenvalue weighted by atomic mass is 9.93. The number of aryl methyl sites for hydroxylation is 1. The first-order chi connectivity index (χ1) is 17.3. The molecule has 2 aliphatic rings. The monoisotopic (exact) mass is 528 g/mol. The van der Waals surface area contributed by atoms with Gasteiger partial charge in [0, 0.05) is 17.1 Å². The second-order valence-corrected chi connectivity index (χ2v) is 11.7.